The van der Waals surface area contributed by atoms with E-state index in [4.69, 9.17) is 9.47 Å². The largest absolute Gasteiger partial charge is 0.488 e. The summed E-state index contributed by atoms with van der Waals surface area (Å²) in [4.78, 5) is 13.9. The van der Waals surface area contributed by atoms with Crippen LogP contribution >= 0.6 is 0 Å². The maximum Gasteiger partial charge on any atom is 0.410 e. The zero-order valence-electron chi connectivity index (χ0n) is 18.1. The molecule has 6 nitrogen and oxygen atoms in total. The number of hydrogen-bond acceptors (Lipinski definition) is 5. The van der Waals surface area contributed by atoms with Crippen LogP contribution in [0, 0.1) is 12.7 Å². The van der Waals surface area contributed by atoms with Crippen molar-refractivity contribution < 1.29 is 18.7 Å². The minimum atomic E-state index is -0.385. The molecule has 166 valence electrons. The second-order valence-corrected chi connectivity index (χ2v) is 7.88. The summed E-state index contributed by atoms with van der Waals surface area (Å²) < 4.78 is 25.2. The summed E-state index contributed by atoms with van der Waals surface area (Å²) in [5.74, 6) is 0.0131. The molecule has 1 aromatic heterocycles. The highest BCUT2D eigenvalue weighted by Gasteiger charge is 2.19. The third kappa shape index (κ3) is 5.41. The standard InChI is InChI=1S/C25H26FN3O3/c1-18-14-21(17-32-25(30)29-12-6-3-7-13-29)27-28-24(18)22-11-10-20(26)15-23(22)31-16-19-8-4-2-5-9-19/h2,4-5,8-11,14-15H,3,6-7,12-13,16-17H2,1H3. The fourth-order valence-corrected chi connectivity index (χ4v) is 3.73. The van der Waals surface area contributed by atoms with E-state index in [1.165, 1.54) is 12.1 Å². The van der Waals surface area contributed by atoms with Gasteiger partial charge in [0.15, 0.2) is 0 Å². The molecule has 0 saturated carbocycles. The molecular formula is C25H26FN3O3. The predicted molar refractivity (Wildman–Crippen MR) is 119 cm³/mol. The maximum absolute atomic E-state index is 13.9. The van der Waals surface area contributed by atoms with E-state index < -0.39 is 0 Å². The van der Waals surface area contributed by atoms with Gasteiger partial charge in [-0.25, -0.2) is 9.18 Å². The van der Waals surface area contributed by atoms with Crippen molar-refractivity contribution in [3.8, 4) is 17.0 Å². The van der Waals surface area contributed by atoms with Crippen molar-refractivity contribution in [3.05, 3.63) is 77.2 Å². The average molecular weight is 435 g/mol. The number of aromatic nitrogens is 2. The lowest BCUT2D eigenvalue weighted by molar-refractivity contribution is 0.0882. The van der Waals surface area contributed by atoms with Crippen LogP contribution in [0.1, 0.15) is 36.1 Å². The molecule has 1 fully saturated rings. The van der Waals surface area contributed by atoms with Crippen molar-refractivity contribution in [1.29, 1.82) is 0 Å². The second-order valence-electron chi connectivity index (χ2n) is 7.88. The van der Waals surface area contributed by atoms with E-state index in [1.807, 2.05) is 43.3 Å². The van der Waals surface area contributed by atoms with Gasteiger partial charge in [-0.05, 0) is 55.5 Å². The Kier molecular flexibility index (Phi) is 6.94. The van der Waals surface area contributed by atoms with Crippen LogP contribution in [-0.4, -0.2) is 34.3 Å². The van der Waals surface area contributed by atoms with Crippen molar-refractivity contribution in [2.24, 2.45) is 0 Å². The molecule has 0 spiro atoms. The van der Waals surface area contributed by atoms with Gasteiger partial charge in [0, 0.05) is 24.7 Å². The molecule has 1 amide bonds. The van der Waals surface area contributed by atoms with Gasteiger partial charge in [-0.3, -0.25) is 0 Å². The molecule has 0 N–H and O–H groups in total. The molecule has 0 atom stereocenters. The lowest BCUT2D eigenvalue weighted by Crippen LogP contribution is -2.36. The van der Waals surface area contributed by atoms with E-state index in [9.17, 15) is 9.18 Å². The number of nitrogens with zero attached hydrogens (tertiary/aromatic N) is 3. The first kappa shape index (κ1) is 21.7. The Balaban J connectivity index is 1.47. The lowest BCUT2D eigenvalue weighted by atomic mass is 10.1. The molecular weight excluding hydrogens is 409 g/mol. The van der Waals surface area contributed by atoms with E-state index in [1.54, 1.807) is 11.0 Å². The molecule has 1 aliphatic rings. The molecule has 2 aromatic carbocycles. The molecule has 32 heavy (non-hydrogen) atoms. The van der Waals surface area contributed by atoms with Gasteiger partial charge in [-0.1, -0.05) is 30.3 Å². The first-order chi connectivity index (χ1) is 15.6. The fourth-order valence-electron chi connectivity index (χ4n) is 3.73. The summed E-state index contributed by atoms with van der Waals surface area (Å²) >= 11 is 0. The molecule has 2 heterocycles. The van der Waals surface area contributed by atoms with E-state index in [0.29, 0.717) is 29.3 Å². The van der Waals surface area contributed by atoms with Crippen LogP contribution in [0.3, 0.4) is 0 Å². The zero-order chi connectivity index (χ0) is 22.3. The highest BCUT2D eigenvalue weighted by Crippen LogP contribution is 2.32. The van der Waals surface area contributed by atoms with Crippen molar-refractivity contribution in [2.75, 3.05) is 13.1 Å². The normalized spacial score (nSPS) is 13.6. The number of hydrogen-bond donors (Lipinski definition) is 0. The summed E-state index contributed by atoms with van der Waals surface area (Å²) in [7, 11) is 0. The third-order valence-electron chi connectivity index (χ3n) is 5.43. The van der Waals surface area contributed by atoms with Gasteiger partial charge >= 0.3 is 6.09 Å². The van der Waals surface area contributed by atoms with E-state index in [-0.39, 0.29) is 18.5 Å². The number of aryl methyl sites for hydroxylation is 1. The Hall–Kier alpha value is -3.48. The Bertz CT molecular complexity index is 1070. The second kappa shape index (κ2) is 10.2. The molecule has 7 heteroatoms. The summed E-state index contributed by atoms with van der Waals surface area (Å²) in [6, 6.07) is 15.9. The topological polar surface area (TPSA) is 64.5 Å². The average Bonchev–Trinajstić information content (AvgIpc) is 2.83. The molecule has 3 aromatic rings. The molecule has 0 unspecified atom stereocenters. The lowest BCUT2D eigenvalue weighted by Gasteiger charge is -2.25. The molecule has 4 rings (SSSR count). The Morgan fingerprint density at radius 2 is 1.78 bits per heavy atom. The van der Waals surface area contributed by atoms with Gasteiger partial charge in [0.25, 0.3) is 0 Å². The minimum Gasteiger partial charge on any atom is -0.488 e. The number of benzene rings is 2. The van der Waals surface area contributed by atoms with Gasteiger partial charge in [0.1, 0.15) is 30.5 Å². The molecule has 1 saturated heterocycles. The smallest absolute Gasteiger partial charge is 0.410 e. The monoisotopic (exact) mass is 435 g/mol. The van der Waals surface area contributed by atoms with Crippen LogP contribution in [0.4, 0.5) is 9.18 Å². The number of piperidine rings is 1. The van der Waals surface area contributed by atoms with Crippen molar-refractivity contribution >= 4 is 6.09 Å². The molecule has 0 aliphatic carbocycles. The van der Waals surface area contributed by atoms with E-state index >= 15 is 0 Å². The van der Waals surface area contributed by atoms with Gasteiger partial charge in [0.2, 0.25) is 0 Å². The zero-order valence-corrected chi connectivity index (χ0v) is 18.1. The quantitative estimate of drug-likeness (QED) is 0.526. The fraction of sp³-hybridized carbons (Fsp3) is 0.320. The Morgan fingerprint density at radius 1 is 1.00 bits per heavy atom. The number of likely N-dealkylation sites (tertiary alicyclic amines) is 1. The summed E-state index contributed by atoms with van der Waals surface area (Å²) in [6.45, 7) is 3.74. The van der Waals surface area contributed by atoms with Crippen LogP contribution in [-0.2, 0) is 18.0 Å². The van der Waals surface area contributed by atoms with Crippen molar-refractivity contribution in [2.45, 2.75) is 39.4 Å². The number of carbonyl (C=O) groups is 1. The van der Waals surface area contributed by atoms with Gasteiger partial charge in [0.05, 0.1) is 5.69 Å². The summed E-state index contributed by atoms with van der Waals surface area (Å²) in [5, 5.41) is 8.55. The van der Waals surface area contributed by atoms with Crippen molar-refractivity contribution in [3.63, 3.8) is 0 Å². The molecule has 0 radical (unpaired) electrons. The minimum absolute atomic E-state index is 0.0598. The summed E-state index contributed by atoms with van der Waals surface area (Å²) in [6.07, 6.45) is 2.85. The first-order valence-electron chi connectivity index (χ1n) is 10.8. The molecule has 0 bridgehead atoms. The number of carbonyl (C=O) groups excluding carboxylic acids is 1. The van der Waals surface area contributed by atoms with E-state index in [0.717, 1.165) is 43.5 Å². The van der Waals surface area contributed by atoms with Crippen LogP contribution in [0.2, 0.25) is 0 Å². The van der Waals surface area contributed by atoms with Gasteiger partial charge in [-0.2, -0.15) is 5.10 Å². The maximum atomic E-state index is 13.9. The SMILES string of the molecule is Cc1cc(COC(=O)N2CCCCC2)nnc1-c1ccc(F)cc1OCc1ccccc1. The Morgan fingerprint density at radius 3 is 2.53 bits per heavy atom. The number of rotatable bonds is 6. The van der Waals surface area contributed by atoms with Crippen LogP contribution < -0.4 is 4.74 Å². The number of amides is 1. The summed E-state index contributed by atoms with van der Waals surface area (Å²) in [5.41, 5.74) is 3.63. The highest BCUT2D eigenvalue weighted by atomic mass is 19.1. The van der Waals surface area contributed by atoms with Crippen molar-refractivity contribution in [1.82, 2.24) is 15.1 Å². The highest BCUT2D eigenvalue weighted by molar-refractivity contribution is 5.70. The number of ether oxygens (including phenoxy) is 2. The van der Waals surface area contributed by atoms with Crippen LogP contribution in [0.25, 0.3) is 11.3 Å². The predicted octanol–water partition coefficient (Wildman–Crippen LogP) is 5.29. The molecule has 1 aliphatic heterocycles. The third-order valence-corrected chi connectivity index (χ3v) is 5.43. The van der Waals surface area contributed by atoms with E-state index in [2.05, 4.69) is 10.2 Å². The van der Waals surface area contributed by atoms with Crippen LogP contribution in [0.15, 0.2) is 54.6 Å². The Labute approximate surface area is 187 Å². The first-order valence-corrected chi connectivity index (χ1v) is 10.8. The van der Waals surface area contributed by atoms with Gasteiger partial charge in [-0.15, -0.1) is 5.10 Å². The van der Waals surface area contributed by atoms with Gasteiger partial charge < -0.3 is 14.4 Å². The number of halogens is 1. The van der Waals surface area contributed by atoms with Crippen LogP contribution in [0.5, 0.6) is 5.75 Å².